The fourth-order valence-corrected chi connectivity index (χ4v) is 3.10. The number of rotatable bonds is 4. The molecule has 0 aliphatic carbocycles. The molecule has 1 heterocycles. The van der Waals surface area contributed by atoms with Gasteiger partial charge in [0.1, 0.15) is 6.04 Å². The van der Waals surface area contributed by atoms with Crippen molar-refractivity contribution in [2.75, 3.05) is 6.61 Å². The number of nitrogens with two attached hydrogens (primary N) is 1. The molecule has 1 atom stereocenters. The van der Waals surface area contributed by atoms with Crippen molar-refractivity contribution in [1.82, 2.24) is 0 Å². The van der Waals surface area contributed by atoms with Crippen LogP contribution in [0.15, 0.2) is 28.1 Å². The zero-order valence-corrected chi connectivity index (χ0v) is 12.4. The molecule has 0 radical (unpaired) electrons. The van der Waals surface area contributed by atoms with Crippen molar-refractivity contribution in [1.29, 1.82) is 0 Å². The molecule has 5 heteroatoms. The highest BCUT2D eigenvalue weighted by molar-refractivity contribution is 9.10. The van der Waals surface area contributed by atoms with Gasteiger partial charge in [-0.1, -0.05) is 15.9 Å². The number of carbonyl (C=O) groups is 1. The Morgan fingerprint density at radius 3 is 3.06 bits per heavy atom. The van der Waals surface area contributed by atoms with Gasteiger partial charge in [0.05, 0.1) is 6.61 Å². The van der Waals surface area contributed by atoms with E-state index in [0.717, 1.165) is 15.4 Å². The maximum absolute atomic E-state index is 11.5. The second kappa shape index (κ2) is 5.82. The van der Waals surface area contributed by atoms with Gasteiger partial charge in [-0.25, -0.2) is 0 Å². The van der Waals surface area contributed by atoms with Gasteiger partial charge < -0.3 is 10.5 Å². The van der Waals surface area contributed by atoms with Crippen LogP contribution in [0.25, 0.3) is 10.1 Å². The van der Waals surface area contributed by atoms with E-state index in [1.54, 1.807) is 18.3 Å². The van der Waals surface area contributed by atoms with Gasteiger partial charge in [-0.2, -0.15) is 0 Å². The van der Waals surface area contributed by atoms with E-state index < -0.39 is 6.04 Å². The van der Waals surface area contributed by atoms with Crippen LogP contribution in [0, 0.1) is 0 Å². The third-order valence-corrected chi connectivity index (χ3v) is 4.15. The second-order valence-electron chi connectivity index (χ2n) is 3.96. The highest BCUT2D eigenvalue weighted by Crippen LogP contribution is 2.29. The minimum Gasteiger partial charge on any atom is -0.465 e. The normalized spacial score (nSPS) is 12.6. The molecule has 3 nitrogen and oxygen atoms in total. The van der Waals surface area contributed by atoms with Gasteiger partial charge in [0.15, 0.2) is 0 Å². The SMILES string of the molecule is CCOC(=O)C(N)Cc1csc2ccc(Br)cc12. The maximum atomic E-state index is 11.5. The van der Waals surface area contributed by atoms with Gasteiger partial charge >= 0.3 is 5.97 Å². The fraction of sp³-hybridized carbons (Fsp3) is 0.308. The molecule has 96 valence electrons. The van der Waals surface area contributed by atoms with Crippen LogP contribution in [0.2, 0.25) is 0 Å². The van der Waals surface area contributed by atoms with E-state index >= 15 is 0 Å². The summed E-state index contributed by atoms with van der Waals surface area (Å²) in [5.74, 6) is -0.341. The summed E-state index contributed by atoms with van der Waals surface area (Å²) >= 11 is 5.11. The molecule has 2 N–H and O–H groups in total. The van der Waals surface area contributed by atoms with Crippen LogP contribution in [-0.4, -0.2) is 18.6 Å². The average Bonchev–Trinajstić information content (AvgIpc) is 2.72. The number of thiophene rings is 1. The van der Waals surface area contributed by atoms with Gasteiger partial charge in [0, 0.05) is 9.17 Å². The van der Waals surface area contributed by atoms with Crippen LogP contribution in [0.1, 0.15) is 12.5 Å². The van der Waals surface area contributed by atoms with Crippen LogP contribution in [0.5, 0.6) is 0 Å². The van der Waals surface area contributed by atoms with E-state index in [1.807, 2.05) is 6.07 Å². The van der Waals surface area contributed by atoms with Gasteiger partial charge in [-0.15, -0.1) is 11.3 Å². The summed E-state index contributed by atoms with van der Waals surface area (Å²) in [4.78, 5) is 11.5. The van der Waals surface area contributed by atoms with Crippen LogP contribution < -0.4 is 5.73 Å². The lowest BCUT2D eigenvalue weighted by atomic mass is 10.1. The lowest BCUT2D eigenvalue weighted by Gasteiger charge is -2.09. The zero-order valence-electron chi connectivity index (χ0n) is 9.98. The molecule has 0 aliphatic rings. The van der Waals surface area contributed by atoms with Crippen LogP contribution >= 0.6 is 27.3 Å². The highest BCUT2D eigenvalue weighted by Gasteiger charge is 2.17. The predicted octanol–water partition coefficient (Wildman–Crippen LogP) is 3.10. The first-order chi connectivity index (χ1) is 8.61. The second-order valence-corrected chi connectivity index (χ2v) is 5.79. The van der Waals surface area contributed by atoms with Gasteiger partial charge in [0.2, 0.25) is 0 Å². The molecule has 0 aliphatic heterocycles. The summed E-state index contributed by atoms with van der Waals surface area (Å²) in [6.07, 6.45) is 0.509. The van der Waals surface area contributed by atoms with E-state index in [9.17, 15) is 4.79 Å². The van der Waals surface area contributed by atoms with Crippen LogP contribution in [-0.2, 0) is 16.0 Å². The Hall–Kier alpha value is -0.910. The van der Waals surface area contributed by atoms with Crippen LogP contribution in [0.3, 0.4) is 0 Å². The maximum Gasteiger partial charge on any atom is 0.323 e. The van der Waals surface area contributed by atoms with E-state index in [-0.39, 0.29) is 5.97 Å². The topological polar surface area (TPSA) is 52.3 Å². The van der Waals surface area contributed by atoms with Crippen molar-refractivity contribution in [3.8, 4) is 0 Å². The standard InChI is InChI=1S/C13H14BrNO2S/c1-2-17-13(16)11(15)5-8-7-18-12-4-3-9(14)6-10(8)12/h3-4,6-7,11H,2,5,15H2,1H3. The summed E-state index contributed by atoms with van der Waals surface area (Å²) in [5.41, 5.74) is 6.94. The number of fused-ring (bicyclic) bond motifs is 1. The molecule has 0 amide bonds. The number of halogens is 1. The Balaban J connectivity index is 2.21. The average molecular weight is 328 g/mol. The largest absolute Gasteiger partial charge is 0.465 e. The smallest absolute Gasteiger partial charge is 0.323 e. The van der Waals surface area contributed by atoms with E-state index in [0.29, 0.717) is 13.0 Å². The molecule has 2 aromatic rings. The molecule has 0 saturated carbocycles. The Morgan fingerprint density at radius 1 is 1.56 bits per heavy atom. The van der Waals surface area contributed by atoms with Crippen molar-refractivity contribution in [2.24, 2.45) is 5.73 Å². The summed E-state index contributed by atoms with van der Waals surface area (Å²) in [6, 6.07) is 5.53. The third kappa shape index (κ3) is 2.91. The fourth-order valence-electron chi connectivity index (χ4n) is 1.78. The quantitative estimate of drug-likeness (QED) is 0.878. The van der Waals surface area contributed by atoms with Crippen molar-refractivity contribution < 1.29 is 9.53 Å². The van der Waals surface area contributed by atoms with Gasteiger partial charge in [-0.3, -0.25) is 4.79 Å². The Bertz CT molecular complexity index is 567. The first kappa shape index (κ1) is 13.5. The van der Waals surface area contributed by atoms with Gasteiger partial charge in [-0.05, 0) is 47.9 Å². The minimum atomic E-state index is -0.596. The zero-order chi connectivity index (χ0) is 13.1. The molecule has 0 bridgehead atoms. The number of ether oxygens (including phenoxy) is 1. The monoisotopic (exact) mass is 327 g/mol. The number of hydrogen-bond donors (Lipinski definition) is 1. The summed E-state index contributed by atoms with van der Waals surface area (Å²) in [5, 5.41) is 3.20. The minimum absolute atomic E-state index is 0.341. The first-order valence-electron chi connectivity index (χ1n) is 5.69. The van der Waals surface area contributed by atoms with Crippen molar-refractivity contribution in [2.45, 2.75) is 19.4 Å². The molecule has 2 rings (SSSR count). The first-order valence-corrected chi connectivity index (χ1v) is 7.37. The summed E-state index contributed by atoms with van der Waals surface area (Å²) in [6.45, 7) is 2.14. The Kier molecular flexibility index (Phi) is 4.37. The lowest BCUT2D eigenvalue weighted by Crippen LogP contribution is -2.34. The van der Waals surface area contributed by atoms with E-state index in [4.69, 9.17) is 10.5 Å². The molecular weight excluding hydrogens is 314 g/mol. The van der Waals surface area contributed by atoms with Crippen molar-refractivity contribution in [3.63, 3.8) is 0 Å². The molecule has 1 aromatic heterocycles. The Morgan fingerprint density at radius 2 is 2.33 bits per heavy atom. The molecule has 1 unspecified atom stereocenters. The molecule has 18 heavy (non-hydrogen) atoms. The third-order valence-electron chi connectivity index (χ3n) is 2.64. The molecule has 0 spiro atoms. The lowest BCUT2D eigenvalue weighted by molar-refractivity contribution is -0.144. The molecule has 0 fully saturated rings. The van der Waals surface area contributed by atoms with Gasteiger partial charge in [0.25, 0.3) is 0 Å². The highest BCUT2D eigenvalue weighted by atomic mass is 79.9. The number of benzene rings is 1. The molecular formula is C13H14BrNO2S. The van der Waals surface area contributed by atoms with Crippen LogP contribution in [0.4, 0.5) is 0 Å². The summed E-state index contributed by atoms with van der Waals surface area (Å²) in [7, 11) is 0. The molecule has 0 saturated heterocycles. The number of carbonyl (C=O) groups excluding carboxylic acids is 1. The number of hydrogen-bond acceptors (Lipinski definition) is 4. The van der Waals surface area contributed by atoms with Crippen molar-refractivity contribution >= 4 is 43.3 Å². The van der Waals surface area contributed by atoms with E-state index in [1.165, 1.54) is 4.70 Å². The molecule has 1 aromatic carbocycles. The predicted molar refractivity (Wildman–Crippen MR) is 77.8 cm³/mol. The Labute approximate surface area is 118 Å². The van der Waals surface area contributed by atoms with E-state index in [2.05, 4.69) is 33.4 Å². The summed E-state index contributed by atoms with van der Waals surface area (Å²) < 4.78 is 7.14. The number of esters is 1. The van der Waals surface area contributed by atoms with Crippen molar-refractivity contribution in [3.05, 3.63) is 33.6 Å².